The van der Waals surface area contributed by atoms with Crippen molar-refractivity contribution in [3.05, 3.63) is 48.5 Å². The molecule has 0 radical (unpaired) electrons. The standard InChI is InChI=1S/C105H184N24O17/c1-62(2)52-72(112)91(132)116-77(42-25-32-51-113-74-43-33-44-75-71(74)60-70-34-17-18-35-73(70)115-75)93(134)118-79(38-21-28-47-108)95(136)124-87(57-67(11)12)103(144)129-86(56-66(9)10)102(143)122-82(41-24-31-50-111)98(139)126-89(59-69(15)16)105(146)127-84(54-64(5)6)100(141)120-78(37-20-27-46-107)94(135)119-80(39-22-29-48-109)96(137)125-88(58-68(13)14)104(145)128-85(55-65(7)8)101(142)121-81(40-23-30-49-110)97(138)123-83(53-63(3)4)99(140)117-76(36-19-26-45-106)92(133)114-61-90(130)131/h17-18,33-35,43-44,60,62-69,72,76-89,113H,19-32,36-42,45-59,61,106-112H2,1-16H3,(H,114,133)(H,116,132)(H,117,140)(H,118,134)(H,119,135)(H,120,141)(H,121,142)(H,122,143)(H,123,138)(H,124,136)(H,125,137)(H,126,139)(H,127,146)(H,128,145)(H,129,144)(H,130,131)/t72-,76-,77-,78-,79-,80-,81-,82-,83-,84-,85-,86-,87-,88-,89-/m0/s1. The van der Waals surface area contributed by atoms with Gasteiger partial charge >= 0.3 is 5.97 Å². The van der Waals surface area contributed by atoms with E-state index in [1.54, 1.807) is 0 Å². The number of carboxylic acid groups (broad SMARTS) is 1. The fourth-order valence-electron chi connectivity index (χ4n) is 17.1. The third kappa shape index (κ3) is 51.2. The van der Waals surface area contributed by atoms with Gasteiger partial charge in [0.05, 0.1) is 17.1 Å². The van der Waals surface area contributed by atoms with Gasteiger partial charge in [-0.2, -0.15) is 0 Å². The van der Waals surface area contributed by atoms with Gasteiger partial charge in [-0.25, -0.2) is 4.98 Å². The number of fused-ring (bicyclic) bond motifs is 2. The minimum absolute atomic E-state index is 0.00711. The van der Waals surface area contributed by atoms with Crippen LogP contribution in [0, 0.1) is 47.3 Å². The van der Waals surface area contributed by atoms with E-state index in [9.17, 15) is 62.6 Å². The minimum atomic E-state index is -1.35. The van der Waals surface area contributed by atoms with E-state index in [-0.39, 0.29) is 170 Å². The summed E-state index contributed by atoms with van der Waals surface area (Å²) in [5, 5.41) is 56.7. The Balaban J connectivity index is 1.97. The van der Waals surface area contributed by atoms with E-state index in [1.165, 1.54) is 0 Å². The van der Waals surface area contributed by atoms with Crippen molar-refractivity contribution in [3.63, 3.8) is 0 Å². The van der Waals surface area contributed by atoms with Gasteiger partial charge in [-0.1, -0.05) is 135 Å². The van der Waals surface area contributed by atoms with Gasteiger partial charge in [0.25, 0.3) is 0 Å². The van der Waals surface area contributed by atoms with Gasteiger partial charge in [0, 0.05) is 23.0 Å². The monoisotopic (exact) mass is 2050 g/mol. The molecule has 0 saturated carbocycles. The zero-order valence-electron chi connectivity index (χ0n) is 90.0. The van der Waals surface area contributed by atoms with E-state index in [1.807, 2.05) is 153 Å². The van der Waals surface area contributed by atoms with Gasteiger partial charge in [-0.05, 0) is 297 Å². The van der Waals surface area contributed by atoms with Crippen LogP contribution in [-0.4, -0.2) is 248 Å². The average molecular weight is 2050 g/mol. The van der Waals surface area contributed by atoms with Crippen molar-refractivity contribution in [1.29, 1.82) is 0 Å². The van der Waals surface area contributed by atoms with E-state index in [4.69, 9.17) is 45.1 Å². The van der Waals surface area contributed by atoms with Gasteiger partial charge < -0.3 is 130 Å². The van der Waals surface area contributed by atoms with Crippen LogP contribution in [0.5, 0.6) is 0 Å². The van der Waals surface area contributed by atoms with Crippen molar-refractivity contribution in [1.82, 2.24) is 84.7 Å². The molecule has 41 nitrogen and oxygen atoms in total. The van der Waals surface area contributed by atoms with E-state index in [2.05, 4.69) is 91.1 Å². The molecule has 2 aromatic carbocycles. The molecule has 41 heteroatoms. The molecule has 3 aromatic rings. The highest BCUT2D eigenvalue weighted by molar-refractivity contribution is 6.02. The van der Waals surface area contributed by atoms with Crippen molar-refractivity contribution in [3.8, 4) is 0 Å². The van der Waals surface area contributed by atoms with E-state index < -0.39 is 192 Å². The molecule has 0 aliphatic rings. The third-order valence-corrected chi connectivity index (χ3v) is 24.8. The number of hydrogen-bond acceptors (Lipinski definition) is 25. The number of unbranched alkanes of at least 4 members (excludes halogenated alkanes) is 7. The molecule has 31 N–H and O–H groups in total. The van der Waals surface area contributed by atoms with Gasteiger partial charge in [-0.3, -0.25) is 76.7 Å². The van der Waals surface area contributed by atoms with E-state index >= 15 is 19.2 Å². The number of benzene rings is 2. The molecule has 826 valence electrons. The number of rotatable bonds is 77. The van der Waals surface area contributed by atoms with E-state index in [0.717, 1.165) is 27.5 Å². The zero-order valence-corrected chi connectivity index (χ0v) is 90.0. The summed E-state index contributed by atoms with van der Waals surface area (Å²) in [6.07, 6.45) is 7.12. The molecule has 1 aromatic heterocycles. The van der Waals surface area contributed by atoms with Crippen molar-refractivity contribution < 1.29 is 81.8 Å². The lowest BCUT2D eigenvalue weighted by Crippen LogP contribution is -2.61. The molecule has 0 aliphatic carbocycles. The smallest absolute Gasteiger partial charge is 0.322 e. The first-order chi connectivity index (χ1) is 69.2. The molecule has 3 rings (SSSR count). The molecule has 0 aliphatic heterocycles. The van der Waals surface area contributed by atoms with Crippen LogP contribution in [0.1, 0.15) is 297 Å². The second-order valence-electron chi connectivity index (χ2n) is 42.3. The number of aromatic nitrogens is 1. The second kappa shape index (κ2) is 70.9. The Kier molecular flexibility index (Phi) is 62.8. The van der Waals surface area contributed by atoms with Crippen molar-refractivity contribution in [2.24, 2.45) is 87.5 Å². The fraction of sp³-hybridized carbons (Fsp3) is 0.724. The van der Waals surface area contributed by atoms with Crippen LogP contribution < -0.4 is 125 Å². The Morgan fingerprint density at radius 2 is 0.479 bits per heavy atom. The maximum absolute atomic E-state index is 15.0. The summed E-state index contributed by atoms with van der Waals surface area (Å²) in [4.78, 5) is 236. The summed E-state index contributed by atoms with van der Waals surface area (Å²) in [6.45, 7) is 30.8. The van der Waals surface area contributed by atoms with Crippen LogP contribution in [0.15, 0.2) is 48.5 Å². The SMILES string of the molecule is CC(C)C[C@H](NC(=O)[C@H](CCCCN)NC(=O)[C@H](CC(C)C)NC(=O)[C@H](CC(C)C)NC(=O)[C@H](CCCCN)NC(=O)[C@H](CCCCN)NC(=O)[C@H](CC(C)C)NC(=O)[C@H](CC(C)C)NC(=O)[C@H](CCCCN)NC(=O)[C@H](CC(C)C)NC(=O)[C@H](CC(C)C)NC(=O)[C@H](CCCCN)NC(=O)[C@H](CCCCNc1cccc2nc3ccccc3cc12)NC(=O)[C@@H](N)CC(C)C)C(=O)N[C@@H](CCCCN)C(=O)NCC(=O)O. The number of nitrogens with zero attached hydrogens (tertiary/aromatic N) is 1. The molecule has 15 atom stereocenters. The molecule has 0 spiro atoms. The average Bonchev–Trinajstić information content (AvgIpc) is 0.788. The molecule has 146 heavy (non-hydrogen) atoms. The highest BCUT2D eigenvalue weighted by Crippen LogP contribution is 2.28. The van der Waals surface area contributed by atoms with Gasteiger partial charge in [0.15, 0.2) is 0 Å². The molecular weight excluding hydrogens is 1870 g/mol. The largest absolute Gasteiger partial charge is 0.480 e. The topological polar surface area (TPSA) is 681 Å². The Hall–Kier alpha value is -10.9. The third-order valence-electron chi connectivity index (χ3n) is 24.8. The number of pyridine rings is 1. The number of carbonyl (C=O) groups is 16. The minimum Gasteiger partial charge on any atom is -0.480 e. The Labute approximate surface area is 865 Å². The number of amides is 15. The lowest BCUT2D eigenvalue weighted by molar-refractivity contribution is -0.138. The maximum atomic E-state index is 15.0. The number of hydrogen-bond donors (Lipinski definition) is 24. The number of para-hydroxylation sites is 1. The van der Waals surface area contributed by atoms with Crippen LogP contribution in [0.3, 0.4) is 0 Å². The first kappa shape index (κ1) is 129. The van der Waals surface area contributed by atoms with Crippen LogP contribution in [0.2, 0.25) is 0 Å². The van der Waals surface area contributed by atoms with Gasteiger partial charge in [0.2, 0.25) is 88.6 Å². The van der Waals surface area contributed by atoms with Crippen molar-refractivity contribution in [2.45, 2.75) is 388 Å². The van der Waals surface area contributed by atoms with Gasteiger partial charge in [-0.15, -0.1) is 0 Å². The summed E-state index contributed by atoms with van der Waals surface area (Å²) in [7, 11) is 0. The quantitative estimate of drug-likeness (QED) is 0.0274. The number of aliphatic carboxylic acids is 1. The van der Waals surface area contributed by atoms with Gasteiger partial charge in [0.1, 0.15) is 91.1 Å². The molecule has 0 saturated heterocycles. The molecule has 0 unspecified atom stereocenters. The molecule has 15 amide bonds. The number of nitrogens with two attached hydrogens (primary N) is 7. The first-order valence-corrected chi connectivity index (χ1v) is 53.4. The molecule has 0 bridgehead atoms. The number of nitrogens with one attached hydrogen (secondary N) is 16. The van der Waals surface area contributed by atoms with Crippen molar-refractivity contribution in [2.75, 3.05) is 57.7 Å². The fourth-order valence-corrected chi connectivity index (χ4v) is 17.1. The lowest BCUT2D eigenvalue weighted by atomic mass is 9.98. The van der Waals surface area contributed by atoms with Crippen molar-refractivity contribution >= 4 is 122 Å². The summed E-state index contributed by atoms with van der Waals surface area (Å²) >= 11 is 0. The molecule has 0 fully saturated rings. The second-order valence-corrected chi connectivity index (χ2v) is 42.3. The Bertz CT molecular complexity index is 4520. The summed E-state index contributed by atoms with van der Waals surface area (Å²) in [6, 6.07) is -2.96. The number of carbonyl (C=O) groups excluding carboxylic acids is 15. The number of anilines is 1. The van der Waals surface area contributed by atoms with E-state index in [0.29, 0.717) is 109 Å². The Morgan fingerprint density at radius 1 is 0.260 bits per heavy atom. The summed E-state index contributed by atoms with van der Waals surface area (Å²) < 4.78 is 0. The first-order valence-electron chi connectivity index (χ1n) is 53.4. The molecule has 1 heterocycles. The maximum Gasteiger partial charge on any atom is 0.322 e. The predicted octanol–water partition coefficient (Wildman–Crippen LogP) is 4.43. The predicted molar refractivity (Wildman–Crippen MR) is 570 cm³/mol. The van der Waals surface area contributed by atoms with Crippen LogP contribution in [0.25, 0.3) is 21.8 Å². The Morgan fingerprint density at radius 3 is 0.726 bits per heavy atom. The van der Waals surface area contributed by atoms with Crippen LogP contribution in [0.4, 0.5) is 5.69 Å². The van der Waals surface area contributed by atoms with Crippen LogP contribution >= 0.6 is 0 Å². The molecular formula is C105H184N24O17. The number of carboxylic acids is 1. The highest BCUT2D eigenvalue weighted by Gasteiger charge is 2.40. The summed E-state index contributed by atoms with van der Waals surface area (Å²) in [5.41, 5.74) is 44.5. The zero-order chi connectivity index (χ0) is 109. The lowest BCUT2D eigenvalue weighted by Gasteiger charge is -2.30. The normalized spacial score (nSPS) is 14.7. The summed E-state index contributed by atoms with van der Waals surface area (Å²) in [5.74, 6) is -13.8. The van der Waals surface area contributed by atoms with Crippen LogP contribution in [-0.2, 0) is 76.7 Å². The highest BCUT2D eigenvalue weighted by atomic mass is 16.4.